The van der Waals surface area contributed by atoms with E-state index in [1.807, 2.05) is 18.2 Å². The van der Waals surface area contributed by atoms with Gasteiger partial charge in [0.05, 0.1) is 11.7 Å². The second-order valence-electron chi connectivity index (χ2n) is 8.81. The lowest BCUT2D eigenvalue weighted by Gasteiger charge is -2.26. The summed E-state index contributed by atoms with van der Waals surface area (Å²) in [5.41, 5.74) is 1.37. The zero-order valence-corrected chi connectivity index (χ0v) is 21.1. The van der Waals surface area contributed by atoms with Crippen LogP contribution in [0.15, 0.2) is 35.3 Å². The summed E-state index contributed by atoms with van der Waals surface area (Å²) in [7, 11) is 0. The molecule has 1 N–H and O–H groups in total. The maximum atomic E-state index is 13.1. The van der Waals surface area contributed by atoms with Gasteiger partial charge in [-0.2, -0.15) is 4.98 Å². The minimum Gasteiger partial charge on any atom is -0.480 e. The van der Waals surface area contributed by atoms with Crippen LogP contribution in [0.2, 0.25) is 5.02 Å². The smallest absolute Gasteiger partial charge is 0.293 e. The SMILES string of the molecule is CCCCn1c(=O)c(OCC(=O)CC)cc2cc(Nc3nc(N4CCCCC4)ncc3Cl)ccc21. The van der Waals surface area contributed by atoms with Gasteiger partial charge in [0, 0.05) is 37.1 Å². The highest BCUT2D eigenvalue weighted by Crippen LogP contribution is 2.28. The predicted octanol–water partition coefficient (Wildman–Crippen LogP) is 5.34. The fraction of sp³-hybridized carbons (Fsp3) is 0.462. The number of nitrogens with one attached hydrogen (secondary N) is 1. The van der Waals surface area contributed by atoms with Gasteiger partial charge >= 0.3 is 0 Å². The average Bonchev–Trinajstić information content (AvgIpc) is 2.88. The highest BCUT2D eigenvalue weighted by molar-refractivity contribution is 6.32. The summed E-state index contributed by atoms with van der Waals surface area (Å²) >= 11 is 6.41. The van der Waals surface area contributed by atoms with E-state index in [1.165, 1.54) is 6.42 Å². The summed E-state index contributed by atoms with van der Waals surface area (Å²) in [6.07, 6.45) is 7.31. The molecule has 8 nitrogen and oxygen atoms in total. The minimum absolute atomic E-state index is 0.0528. The predicted molar refractivity (Wildman–Crippen MR) is 140 cm³/mol. The Bertz CT molecular complexity index is 1250. The summed E-state index contributed by atoms with van der Waals surface area (Å²) < 4.78 is 7.35. The molecule has 0 aliphatic carbocycles. The number of Topliss-reactive ketones (excluding diaryl/α,β-unsaturated/α-hetero) is 1. The van der Waals surface area contributed by atoms with E-state index in [4.69, 9.17) is 16.3 Å². The maximum Gasteiger partial charge on any atom is 0.293 e. The van der Waals surface area contributed by atoms with E-state index in [-0.39, 0.29) is 23.7 Å². The van der Waals surface area contributed by atoms with Crippen molar-refractivity contribution in [1.29, 1.82) is 0 Å². The van der Waals surface area contributed by atoms with Gasteiger partial charge < -0.3 is 19.5 Å². The van der Waals surface area contributed by atoms with E-state index >= 15 is 0 Å². The van der Waals surface area contributed by atoms with E-state index in [0.29, 0.717) is 29.8 Å². The molecule has 186 valence electrons. The monoisotopic (exact) mass is 497 g/mol. The number of benzene rings is 1. The van der Waals surface area contributed by atoms with Crippen LogP contribution in [0.5, 0.6) is 5.75 Å². The van der Waals surface area contributed by atoms with Crippen LogP contribution in [0.1, 0.15) is 52.4 Å². The number of rotatable bonds is 10. The van der Waals surface area contributed by atoms with Crippen molar-refractivity contribution in [3.63, 3.8) is 0 Å². The quantitative estimate of drug-likeness (QED) is 0.404. The van der Waals surface area contributed by atoms with Crippen LogP contribution in [0.3, 0.4) is 0 Å². The molecule has 0 radical (unpaired) electrons. The van der Waals surface area contributed by atoms with Gasteiger partial charge in [0.25, 0.3) is 5.56 Å². The first-order chi connectivity index (χ1) is 17.0. The summed E-state index contributed by atoms with van der Waals surface area (Å²) in [5, 5.41) is 4.56. The Balaban J connectivity index is 1.67. The normalized spacial score (nSPS) is 13.7. The number of hydrogen-bond acceptors (Lipinski definition) is 7. The molecule has 3 aromatic rings. The minimum atomic E-state index is -0.222. The molecule has 0 atom stereocenters. The fourth-order valence-corrected chi connectivity index (χ4v) is 4.31. The van der Waals surface area contributed by atoms with Crippen LogP contribution in [0.25, 0.3) is 10.9 Å². The number of fused-ring (bicyclic) bond motifs is 1. The van der Waals surface area contributed by atoms with Gasteiger partial charge in [-0.05, 0) is 49.9 Å². The third-order valence-corrected chi connectivity index (χ3v) is 6.49. The second kappa shape index (κ2) is 11.5. The van der Waals surface area contributed by atoms with E-state index < -0.39 is 0 Å². The Labute approximate surface area is 210 Å². The molecule has 9 heteroatoms. The zero-order valence-electron chi connectivity index (χ0n) is 20.3. The van der Waals surface area contributed by atoms with Crippen LogP contribution < -0.4 is 20.5 Å². The van der Waals surface area contributed by atoms with Crippen LogP contribution >= 0.6 is 11.6 Å². The van der Waals surface area contributed by atoms with E-state index in [1.54, 1.807) is 23.8 Å². The van der Waals surface area contributed by atoms with Crippen LogP contribution in [-0.4, -0.2) is 40.0 Å². The van der Waals surface area contributed by atoms with Gasteiger partial charge in [0.15, 0.2) is 17.4 Å². The van der Waals surface area contributed by atoms with Crippen molar-refractivity contribution in [3.8, 4) is 5.75 Å². The highest BCUT2D eigenvalue weighted by Gasteiger charge is 2.16. The number of nitrogens with zero attached hydrogens (tertiary/aromatic N) is 4. The van der Waals surface area contributed by atoms with Crippen molar-refractivity contribution in [2.24, 2.45) is 0 Å². The number of carbonyl (C=O) groups is 1. The van der Waals surface area contributed by atoms with Gasteiger partial charge in [-0.15, -0.1) is 0 Å². The van der Waals surface area contributed by atoms with E-state index in [2.05, 4.69) is 27.1 Å². The number of halogens is 1. The van der Waals surface area contributed by atoms with Crippen LogP contribution in [0, 0.1) is 0 Å². The summed E-state index contributed by atoms with van der Waals surface area (Å²) in [5.74, 6) is 1.33. The highest BCUT2D eigenvalue weighted by atomic mass is 35.5. The topological polar surface area (TPSA) is 89.3 Å². The molecular formula is C26H32ClN5O3. The molecule has 0 spiro atoms. The number of piperidine rings is 1. The number of carbonyl (C=O) groups excluding carboxylic acids is 1. The Morgan fingerprint density at radius 2 is 1.97 bits per heavy atom. The summed E-state index contributed by atoms with van der Waals surface area (Å²) in [6.45, 7) is 6.20. The molecular weight excluding hydrogens is 466 g/mol. The number of ketones is 1. The molecule has 1 aliphatic heterocycles. The molecule has 0 unspecified atom stereocenters. The number of unbranched alkanes of at least 4 members (excludes halogenated alkanes) is 1. The van der Waals surface area contributed by atoms with Crippen molar-refractivity contribution in [1.82, 2.24) is 14.5 Å². The third-order valence-electron chi connectivity index (χ3n) is 6.21. The maximum absolute atomic E-state index is 13.1. The first-order valence-electron chi connectivity index (χ1n) is 12.4. The molecule has 0 saturated carbocycles. The Morgan fingerprint density at radius 3 is 2.71 bits per heavy atom. The molecule has 35 heavy (non-hydrogen) atoms. The Morgan fingerprint density at radius 1 is 1.17 bits per heavy atom. The van der Waals surface area contributed by atoms with Crippen molar-refractivity contribution >= 4 is 45.7 Å². The Kier molecular flexibility index (Phi) is 8.23. The molecule has 1 aromatic carbocycles. The number of aromatic nitrogens is 3. The average molecular weight is 498 g/mol. The van der Waals surface area contributed by atoms with Gasteiger partial charge in [-0.3, -0.25) is 9.59 Å². The van der Waals surface area contributed by atoms with Gasteiger partial charge in [0.1, 0.15) is 11.6 Å². The molecule has 3 heterocycles. The van der Waals surface area contributed by atoms with Crippen molar-refractivity contribution in [2.75, 3.05) is 29.9 Å². The molecule has 1 fully saturated rings. The molecule has 4 rings (SSSR count). The fourth-order valence-electron chi connectivity index (χ4n) is 4.17. The standard InChI is InChI=1S/C26H32ClN5O3/c1-3-5-13-32-22-10-9-19(14-18(22)15-23(25(32)34)35-17-20(33)4-2)29-24-21(27)16-28-26(30-24)31-11-7-6-8-12-31/h9-10,14-16H,3-8,11-13,17H2,1-2H3,(H,28,29,30). The molecule has 2 aromatic heterocycles. The third kappa shape index (κ3) is 5.93. The molecule has 1 saturated heterocycles. The largest absolute Gasteiger partial charge is 0.480 e. The van der Waals surface area contributed by atoms with Gasteiger partial charge in [0.2, 0.25) is 5.95 Å². The number of ether oxygens (including phenoxy) is 1. The van der Waals surface area contributed by atoms with E-state index in [9.17, 15) is 9.59 Å². The lowest BCUT2D eigenvalue weighted by Crippen LogP contribution is -2.31. The zero-order chi connectivity index (χ0) is 24.8. The van der Waals surface area contributed by atoms with Crippen molar-refractivity contribution in [3.05, 3.63) is 45.8 Å². The van der Waals surface area contributed by atoms with Gasteiger partial charge in [-0.1, -0.05) is 31.9 Å². The number of hydrogen-bond donors (Lipinski definition) is 1. The first-order valence-corrected chi connectivity index (χ1v) is 12.7. The molecule has 1 aliphatic rings. The number of aryl methyl sites for hydroxylation is 1. The van der Waals surface area contributed by atoms with Crippen molar-refractivity contribution < 1.29 is 9.53 Å². The summed E-state index contributed by atoms with van der Waals surface area (Å²) in [6, 6.07) is 7.46. The molecule has 0 bridgehead atoms. The van der Waals surface area contributed by atoms with Crippen molar-refractivity contribution in [2.45, 2.75) is 58.9 Å². The van der Waals surface area contributed by atoms with E-state index in [0.717, 1.165) is 55.4 Å². The Hall–Kier alpha value is -3.13. The van der Waals surface area contributed by atoms with Crippen LogP contribution in [0.4, 0.5) is 17.5 Å². The van der Waals surface area contributed by atoms with Crippen LogP contribution in [-0.2, 0) is 11.3 Å². The first kappa shape index (κ1) is 25.0. The summed E-state index contributed by atoms with van der Waals surface area (Å²) in [4.78, 5) is 36.1. The number of pyridine rings is 1. The molecule has 0 amide bonds. The lowest BCUT2D eigenvalue weighted by atomic mass is 10.1. The lowest BCUT2D eigenvalue weighted by molar-refractivity contribution is -0.120. The second-order valence-corrected chi connectivity index (χ2v) is 9.22. The van der Waals surface area contributed by atoms with Gasteiger partial charge in [-0.25, -0.2) is 4.98 Å². The number of anilines is 3.